The van der Waals surface area contributed by atoms with Crippen molar-refractivity contribution in [2.45, 2.75) is 57.3 Å². The van der Waals surface area contributed by atoms with E-state index in [0.717, 1.165) is 37.4 Å². The predicted molar refractivity (Wildman–Crippen MR) is 113 cm³/mol. The van der Waals surface area contributed by atoms with Crippen molar-refractivity contribution in [3.8, 4) is 11.6 Å². The number of nitrogens with zero attached hydrogens (tertiary/aromatic N) is 3. The second-order valence-corrected chi connectivity index (χ2v) is 8.31. The van der Waals surface area contributed by atoms with E-state index in [2.05, 4.69) is 27.8 Å². The molecule has 2 aromatic heterocycles. The smallest absolute Gasteiger partial charge is 0.321 e. The molecule has 1 aliphatic rings. The van der Waals surface area contributed by atoms with Crippen LogP contribution >= 0.6 is 11.8 Å². The molecule has 0 saturated heterocycles. The fourth-order valence-electron chi connectivity index (χ4n) is 3.48. The zero-order chi connectivity index (χ0) is 22.2. The average molecular weight is 450 g/mol. The van der Waals surface area contributed by atoms with Gasteiger partial charge in [-0.15, -0.1) is 10.2 Å². The maximum atomic E-state index is 12.0. The third kappa shape index (κ3) is 6.33. The van der Waals surface area contributed by atoms with Crippen LogP contribution in [0.15, 0.2) is 28.0 Å². The molecule has 1 aliphatic carbocycles. The first-order valence-electron chi connectivity index (χ1n) is 10.3. The number of carbonyl (C=O) groups is 3. The summed E-state index contributed by atoms with van der Waals surface area (Å²) >= 11 is 1.15. The molecule has 3 amide bonds. The number of imide groups is 1. The van der Waals surface area contributed by atoms with Gasteiger partial charge in [-0.2, -0.15) is 0 Å². The Bertz CT molecular complexity index is 898. The highest BCUT2D eigenvalue weighted by Crippen LogP contribution is 2.24. The number of furan rings is 1. The van der Waals surface area contributed by atoms with Crippen molar-refractivity contribution in [3.05, 3.63) is 18.4 Å². The van der Waals surface area contributed by atoms with Crippen molar-refractivity contribution >= 4 is 29.7 Å². The molecule has 0 spiro atoms. The Morgan fingerprint density at radius 1 is 1.29 bits per heavy atom. The Morgan fingerprint density at radius 2 is 2.10 bits per heavy atom. The van der Waals surface area contributed by atoms with Crippen LogP contribution in [0.3, 0.4) is 0 Å². The lowest BCUT2D eigenvalue weighted by Crippen LogP contribution is -2.48. The molecule has 10 nitrogen and oxygen atoms in total. The number of hydrogen-bond donors (Lipinski definition) is 2. The van der Waals surface area contributed by atoms with E-state index in [1.165, 1.54) is 0 Å². The molecule has 2 aromatic rings. The summed E-state index contributed by atoms with van der Waals surface area (Å²) in [5.74, 6) is 0.225. The predicted octanol–water partition coefficient (Wildman–Crippen LogP) is 2.60. The van der Waals surface area contributed by atoms with Gasteiger partial charge in [0, 0.05) is 12.6 Å². The molecule has 11 heteroatoms. The zero-order valence-electron chi connectivity index (χ0n) is 17.6. The molecule has 1 fully saturated rings. The number of esters is 1. The Hall–Kier alpha value is -2.82. The van der Waals surface area contributed by atoms with Crippen LogP contribution in [0.1, 0.15) is 39.5 Å². The number of nitrogens with one attached hydrogen (secondary N) is 2. The number of thioether (sulfide) groups is 1. The van der Waals surface area contributed by atoms with Crippen molar-refractivity contribution in [1.29, 1.82) is 0 Å². The zero-order valence-corrected chi connectivity index (χ0v) is 18.4. The minimum atomic E-state index is -0.670. The molecule has 0 bridgehead atoms. The molecule has 0 aromatic carbocycles. The van der Waals surface area contributed by atoms with E-state index in [-0.39, 0.29) is 11.8 Å². The summed E-state index contributed by atoms with van der Waals surface area (Å²) in [7, 11) is 0. The standard InChI is InChI=1S/C20H27N5O5S/c1-3-25-18(15-9-6-10-29-15)23-24-20(25)31-12-17(27)30-11-16(26)22-19(28)21-14-8-5-4-7-13(14)2/h6,9-10,13-14H,3-5,7-8,11-12H2,1-2H3,(H2,21,22,26,28)/t13-,14+/m1/s1. The van der Waals surface area contributed by atoms with Crippen LogP contribution in [0.2, 0.25) is 0 Å². The van der Waals surface area contributed by atoms with E-state index in [0.29, 0.717) is 29.2 Å². The van der Waals surface area contributed by atoms with Gasteiger partial charge in [-0.25, -0.2) is 4.79 Å². The summed E-state index contributed by atoms with van der Waals surface area (Å²) in [4.78, 5) is 35.9. The Labute approximate surface area is 184 Å². The molecule has 0 aliphatic heterocycles. The highest BCUT2D eigenvalue weighted by Gasteiger charge is 2.23. The van der Waals surface area contributed by atoms with Crippen LogP contribution in [-0.4, -0.2) is 51.1 Å². The van der Waals surface area contributed by atoms with Crippen molar-refractivity contribution in [2.24, 2.45) is 5.92 Å². The lowest BCUT2D eigenvalue weighted by atomic mass is 9.86. The van der Waals surface area contributed by atoms with Gasteiger partial charge < -0.3 is 14.5 Å². The highest BCUT2D eigenvalue weighted by atomic mass is 32.2. The summed E-state index contributed by atoms with van der Waals surface area (Å²) in [5, 5.41) is 13.8. The summed E-state index contributed by atoms with van der Waals surface area (Å²) in [6.07, 6.45) is 5.73. The minimum absolute atomic E-state index is 0.0463. The van der Waals surface area contributed by atoms with E-state index < -0.39 is 24.5 Å². The van der Waals surface area contributed by atoms with E-state index in [1.54, 1.807) is 18.4 Å². The largest absolute Gasteiger partial charge is 0.461 e. The molecule has 0 radical (unpaired) electrons. The molecule has 3 rings (SSSR count). The number of ether oxygens (including phenoxy) is 1. The number of carbonyl (C=O) groups excluding carboxylic acids is 3. The normalized spacial score (nSPS) is 18.4. The monoisotopic (exact) mass is 449 g/mol. The van der Waals surface area contributed by atoms with E-state index in [9.17, 15) is 14.4 Å². The second kappa shape index (κ2) is 11.0. The third-order valence-corrected chi connectivity index (χ3v) is 6.08. The molecule has 2 N–H and O–H groups in total. The molecule has 168 valence electrons. The Morgan fingerprint density at radius 3 is 2.81 bits per heavy atom. The fraction of sp³-hybridized carbons (Fsp3) is 0.550. The third-order valence-electron chi connectivity index (χ3n) is 5.14. The summed E-state index contributed by atoms with van der Waals surface area (Å²) in [5.41, 5.74) is 0. The number of hydrogen-bond acceptors (Lipinski definition) is 8. The minimum Gasteiger partial charge on any atom is -0.461 e. The first-order chi connectivity index (χ1) is 15.0. The summed E-state index contributed by atoms with van der Waals surface area (Å²) < 4.78 is 12.1. The lowest BCUT2D eigenvalue weighted by Gasteiger charge is -2.29. The van der Waals surface area contributed by atoms with Crippen LogP contribution in [-0.2, 0) is 20.9 Å². The van der Waals surface area contributed by atoms with Gasteiger partial charge in [0.15, 0.2) is 23.3 Å². The molecular weight excluding hydrogens is 422 g/mol. The van der Waals surface area contributed by atoms with Crippen molar-refractivity contribution in [3.63, 3.8) is 0 Å². The molecular formula is C20H27N5O5S. The van der Waals surface area contributed by atoms with Gasteiger partial charge in [0.05, 0.1) is 12.0 Å². The van der Waals surface area contributed by atoms with Gasteiger partial charge in [-0.3, -0.25) is 19.5 Å². The first-order valence-corrected chi connectivity index (χ1v) is 11.3. The fourth-order valence-corrected chi connectivity index (χ4v) is 4.28. The van der Waals surface area contributed by atoms with E-state index in [4.69, 9.17) is 9.15 Å². The quantitative estimate of drug-likeness (QED) is 0.465. The van der Waals surface area contributed by atoms with Crippen molar-refractivity contribution < 1.29 is 23.5 Å². The number of aromatic nitrogens is 3. The topological polar surface area (TPSA) is 128 Å². The van der Waals surface area contributed by atoms with Crippen molar-refractivity contribution in [2.75, 3.05) is 12.4 Å². The van der Waals surface area contributed by atoms with Crippen LogP contribution < -0.4 is 10.6 Å². The van der Waals surface area contributed by atoms with E-state index >= 15 is 0 Å². The maximum absolute atomic E-state index is 12.0. The Kier molecular flexibility index (Phi) is 8.10. The average Bonchev–Trinajstić information content (AvgIpc) is 3.41. The Balaban J connectivity index is 1.40. The molecule has 2 atom stereocenters. The summed E-state index contributed by atoms with van der Waals surface area (Å²) in [6, 6.07) is 3.04. The van der Waals surface area contributed by atoms with Gasteiger partial charge in [0.25, 0.3) is 5.91 Å². The molecule has 0 unspecified atom stereocenters. The van der Waals surface area contributed by atoms with E-state index in [1.807, 2.05) is 11.5 Å². The lowest BCUT2D eigenvalue weighted by molar-refractivity contribution is -0.145. The maximum Gasteiger partial charge on any atom is 0.321 e. The SMILES string of the molecule is CCn1c(SCC(=O)OCC(=O)NC(=O)N[C@H]2CCCC[C@H]2C)nnc1-c1ccco1. The van der Waals surface area contributed by atoms with Crippen molar-refractivity contribution in [1.82, 2.24) is 25.4 Å². The van der Waals surface area contributed by atoms with Crippen LogP contribution in [0.25, 0.3) is 11.6 Å². The number of amides is 3. The number of urea groups is 1. The molecule has 31 heavy (non-hydrogen) atoms. The first kappa shape index (κ1) is 22.9. The second-order valence-electron chi connectivity index (χ2n) is 7.37. The van der Waals surface area contributed by atoms with Gasteiger partial charge in [0.2, 0.25) is 0 Å². The summed E-state index contributed by atoms with van der Waals surface area (Å²) in [6.45, 7) is 4.09. The van der Waals surface area contributed by atoms with Gasteiger partial charge in [0.1, 0.15) is 0 Å². The van der Waals surface area contributed by atoms with Gasteiger partial charge in [-0.05, 0) is 37.8 Å². The highest BCUT2D eigenvalue weighted by molar-refractivity contribution is 7.99. The van der Waals surface area contributed by atoms with Crippen LogP contribution in [0.5, 0.6) is 0 Å². The molecule has 1 saturated carbocycles. The van der Waals surface area contributed by atoms with Crippen LogP contribution in [0, 0.1) is 5.92 Å². The van der Waals surface area contributed by atoms with Crippen LogP contribution in [0.4, 0.5) is 4.79 Å². The van der Waals surface area contributed by atoms with Gasteiger partial charge >= 0.3 is 12.0 Å². The number of rotatable bonds is 8. The molecule has 2 heterocycles. The van der Waals surface area contributed by atoms with Gasteiger partial charge in [-0.1, -0.05) is 31.5 Å².